The van der Waals surface area contributed by atoms with Gasteiger partial charge in [-0.25, -0.2) is 0 Å². The summed E-state index contributed by atoms with van der Waals surface area (Å²) in [6, 6.07) is 0. The molecule has 11 heavy (non-hydrogen) atoms. The second kappa shape index (κ2) is 4.07. The van der Waals surface area contributed by atoms with E-state index in [1.54, 1.807) is 0 Å². The van der Waals surface area contributed by atoms with E-state index in [-0.39, 0.29) is 0 Å². The van der Waals surface area contributed by atoms with Crippen LogP contribution in [0.25, 0.3) is 0 Å². The predicted molar refractivity (Wildman–Crippen MR) is 46.4 cm³/mol. The van der Waals surface area contributed by atoms with Crippen LogP contribution in [0.15, 0.2) is 0 Å². The molecule has 0 aromatic carbocycles. The van der Waals surface area contributed by atoms with Gasteiger partial charge in [-0.2, -0.15) is 0 Å². The van der Waals surface area contributed by atoms with Crippen molar-refractivity contribution in [2.45, 2.75) is 32.6 Å². The Kier molecular flexibility index (Phi) is 3.34. The summed E-state index contributed by atoms with van der Waals surface area (Å²) in [7, 11) is 0. The Morgan fingerprint density at radius 3 is 2.45 bits per heavy atom. The van der Waals surface area contributed by atoms with Crippen LogP contribution in [0.4, 0.5) is 0 Å². The van der Waals surface area contributed by atoms with Gasteiger partial charge in [0.1, 0.15) is 0 Å². The molecular weight excluding hydrogens is 138 g/mol. The molecule has 0 radical (unpaired) electrons. The van der Waals surface area contributed by atoms with Gasteiger partial charge in [-0.1, -0.05) is 13.3 Å². The Bertz CT molecular complexity index is 103. The third-order valence-electron chi connectivity index (χ3n) is 2.98. The molecule has 1 aliphatic heterocycles. The first kappa shape index (κ1) is 9.01. The van der Waals surface area contributed by atoms with E-state index in [1.807, 2.05) is 0 Å². The molecule has 0 spiro atoms. The van der Waals surface area contributed by atoms with Crippen LogP contribution in [0.3, 0.4) is 0 Å². The molecule has 1 rings (SSSR count). The van der Waals surface area contributed by atoms with E-state index in [4.69, 9.17) is 10.5 Å². The van der Waals surface area contributed by atoms with E-state index in [9.17, 15) is 0 Å². The lowest BCUT2D eigenvalue weighted by molar-refractivity contribution is 0.00934. The van der Waals surface area contributed by atoms with Crippen molar-refractivity contribution in [2.75, 3.05) is 19.8 Å². The molecule has 66 valence electrons. The molecule has 0 unspecified atom stereocenters. The van der Waals surface area contributed by atoms with Gasteiger partial charge >= 0.3 is 0 Å². The van der Waals surface area contributed by atoms with Crippen molar-refractivity contribution in [3.8, 4) is 0 Å². The van der Waals surface area contributed by atoms with Crippen LogP contribution in [-0.4, -0.2) is 19.8 Å². The van der Waals surface area contributed by atoms with Gasteiger partial charge in [0.05, 0.1) is 0 Å². The van der Waals surface area contributed by atoms with Crippen LogP contribution in [0.5, 0.6) is 0 Å². The number of ether oxygens (including phenoxy) is 1. The Labute approximate surface area is 69.1 Å². The fourth-order valence-corrected chi connectivity index (χ4v) is 1.89. The minimum absolute atomic E-state index is 0.521. The first-order chi connectivity index (χ1) is 5.33. The van der Waals surface area contributed by atoms with Crippen LogP contribution in [-0.2, 0) is 4.74 Å². The van der Waals surface area contributed by atoms with Crippen LogP contribution < -0.4 is 5.73 Å². The van der Waals surface area contributed by atoms with Gasteiger partial charge in [0.2, 0.25) is 0 Å². The fraction of sp³-hybridized carbons (Fsp3) is 1.00. The highest BCUT2D eigenvalue weighted by atomic mass is 16.5. The topological polar surface area (TPSA) is 35.2 Å². The number of hydrogen-bond acceptors (Lipinski definition) is 2. The fourth-order valence-electron chi connectivity index (χ4n) is 1.89. The molecular formula is C9H19NO. The summed E-state index contributed by atoms with van der Waals surface area (Å²) in [5.74, 6) is 0. The molecule has 0 aromatic rings. The lowest BCUT2D eigenvalue weighted by atomic mass is 9.75. The van der Waals surface area contributed by atoms with Gasteiger partial charge in [-0.05, 0) is 31.2 Å². The Hall–Kier alpha value is -0.0800. The van der Waals surface area contributed by atoms with Crippen molar-refractivity contribution >= 4 is 0 Å². The zero-order chi connectivity index (χ0) is 8.16. The van der Waals surface area contributed by atoms with Crippen LogP contribution in [0, 0.1) is 5.41 Å². The second-order valence-electron chi connectivity index (χ2n) is 3.50. The first-order valence-corrected chi connectivity index (χ1v) is 4.61. The molecule has 0 bridgehead atoms. The summed E-state index contributed by atoms with van der Waals surface area (Å²) in [6.07, 6.45) is 4.85. The number of hydrogen-bond donors (Lipinski definition) is 1. The SMILES string of the molecule is CCC1(CCN)CCOCC1. The molecule has 0 saturated carbocycles. The van der Waals surface area contributed by atoms with Crippen molar-refractivity contribution in [3.63, 3.8) is 0 Å². The Morgan fingerprint density at radius 2 is 2.00 bits per heavy atom. The zero-order valence-electron chi connectivity index (χ0n) is 7.44. The van der Waals surface area contributed by atoms with E-state index in [2.05, 4.69) is 6.92 Å². The summed E-state index contributed by atoms with van der Waals surface area (Å²) < 4.78 is 5.33. The van der Waals surface area contributed by atoms with Gasteiger partial charge in [0, 0.05) is 13.2 Å². The molecule has 0 aromatic heterocycles. The highest BCUT2D eigenvalue weighted by molar-refractivity contribution is 4.80. The molecule has 2 nitrogen and oxygen atoms in total. The molecule has 0 aliphatic carbocycles. The van der Waals surface area contributed by atoms with Crippen LogP contribution in [0.1, 0.15) is 32.6 Å². The van der Waals surface area contributed by atoms with Crippen LogP contribution >= 0.6 is 0 Å². The van der Waals surface area contributed by atoms with E-state index < -0.39 is 0 Å². The monoisotopic (exact) mass is 157 g/mol. The normalized spacial score (nSPS) is 23.5. The molecule has 0 amide bonds. The summed E-state index contributed by atoms with van der Waals surface area (Å²) in [5, 5.41) is 0. The van der Waals surface area contributed by atoms with Gasteiger partial charge in [0.25, 0.3) is 0 Å². The molecule has 2 heteroatoms. The smallest absolute Gasteiger partial charge is 0.0471 e. The standard InChI is InChI=1S/C9H19NO/c1-2-9(3-6-10)4-7-11-8-5-9/h2-8,10H2,1H3. The largest absolute Gasteiger partial charge is 0.381 e. The molecule has 1 aliphatic rings. The number of nitrogens with two attached hydrogens (primary N) is 1. The second-order valence-corrected chi connectivity index (χ2v) is 3.50. The van der Waals surface area contributed by atoms with Gasteiger partial charge < -0.3 is 10.5 Å². The van der Waals surface area contributed by atoms with E-state index in [0.717, 1.165) is 19.8 Å². The van der Waals surface area contributed by atoms with Gasteiger partial charge in [-0.3, -0.25) is 0 Å². The maximum atomic E-state index is 5.58. The first-order valence-electron chi connectivity index (χ1n) is 4.61. The zero-order valence-corrected chi connectivity index (χ0v) is 7.44. The molecule has 0 atom stereocenters. The molecule has 1 fully saturated rings. The third-order valence-corrected chi connectivity index (χ3v) is 2.98. The van der Waals surface area contributed by atoms with Crippen molar-refractivity contribution in [1.29, 1.82) is 0 Å². The average Bonchev–Trinajstić information content (AvgIpc) is 2.07. The van der Waals surface area contributed by atoms with E-state index >= 15 is 0 Å². The van der Waals surface area contributed by atoms with Crippen molar-refractivity contribution in [2.24, 2.45) is 11.1 Å². The highest BCUT2D eigenvalue weighted by Gasteiger charge is 2.29. The molecule has 1 heterocycles. The molecule has 1 saturated heterocycles. The summed E-state index contributed by atoms with van der Waals surface area (Å²) >= 11 is 0. The summed E-state index contributed by atoms with van der Waals surface area (Å²) in [4.78, 5) is 0. The lowest BCUT2D eigenvalue weighted by Crippen LogP contribution is -2.31. The minimum Gasteiger partial charge on any atom is -0.381 e. The average molecular weight is 157 g/mol. The predicted octanol–water partition coefficient (Wildman–Crippen LogP) is 1.54. The highest BCUT2D eigenvalue weighted by Crippen LogP contribution is 2.36. The third kappa shape index (κ3) is 2.17. The summed E-state index contributed by atoms with van der Waals surface area (Å²) in [6.45, 7) is 4.97. The number of rotatable bonds is 3. The molecule has 2 N–H and O–H groups in total. The minimum atomic E-state index is 0.521. The van der Waals surface area contributed by atoms with Crippen molar-refractivity contribution < 1.29 is 4.74 Å². The van der Waals surface area contributed by atoms with E-state index in [0.29, 0.717) is 5.41 Å². The summed E-state index contributed by atoms with van der Waals surface area (Å²) in [5.41, 5.74) is 6.10. The van der Waals surface area contributed by atoms with Crippen LogP contribution in [0.2, 0.25) is 0 Å². The van der Waals surface area contributed by atoms with E-state index in [1.165, 1.54) is 25.7 Å². The van der Waals surface area contributed by atoms with Crippen molar-refractivity contribution in [3.05, 3.63) is 0 Å². The van der Waals surface area contributed by atoms with Crippen molar-refractivity contribution in [1.82, 2.24) is 0 Å². The maximum absolute atomic E-state index is 5.58. The Morgan fingerprint density at radius 1 is 1.36 bits per heavy atom. The maximum Gasteiger partial charge on any atom is 0.0471 e. The van der Waals surface area contributed by atoms with Gasteiger partial charge in [0.15, 0.2) is 0 Å². The quantitative estimate of drug-likeness (QED) is 0.674. The Balaban J connectivity index is 2.42. The van der Waals surface area contributed by atoms with Gasteiger partial charge in [-0.15, -0.1) is 0 Å². The lowest BCUT2D eigenvalue weighted by Gasteiger charge is -2.36.